The summed E-state index contributed by atoms with van der Waals surface area (Å²) in [7, 11) is -3.84. The number of anilines is 1. The van der Waals surface area contributed by atoms with Crippen LogP contribution >= 0.6 is 11.6 Å². The van der Waals surface area contributed by atoms with Crippen LogP contribution in [-0.4, -0.2) is 33.2 Å². The van der Waals surface area contributed by atoms with Gasteiger partial charge in [0.05, 0.1) is 23.6 Å². The summed E-state index contributed by atoms with van der Waals surface area (Å²) in [6.45, 7) is 4.21. The number of ether oxygens (including phenoxy) is 1. The van der Waals surface area contributed by atoms with Crippen molar-refractivity contribution < 1.29 is 22.3 Å². The third-order valence-electron chi connectivity index (χ3n) is 4.21. The molecule has 0 unspecified atom stereocenters. The molecule has 0 aromatic heterocycles. The van der Waals surface area contributed by atoms with E-state index in [0.29, 0.717) is 12.4 Å². The molecule has 2 aromatic rings. The van der Waals surface area contributed by atoms with E-state index >= 15 is 0 Å². The number of hydrogen-bond donors (Lipinski definition) is 1. The highest BCUT2D eigenvalue weighted by molar-refractivity contribution is 7.92. The van der Waals surface area contributed by atoms with Crippen molar-refractivity contribution in [3.05, 3.63) is 58.9 Å². The molecule has 0 radical (unpaired) electrons. The van der Waals surface area contributed by atoms with Gasteiger partial charge in [-0.1, -0.05) is 36.7 Å². The minimum atomic E-state index is -3.84. The average molecular weight is 443 g/mol. The van der Waals surface area contributed by atoms with E-state index in [1.807, 2.05) is 25.1 Å². The van der Waals surface area contributed by atoms with Gasteiger partial charge in [-0.25, -0.2) is 12.8 Å². The zero-order chi connectivity index (χ0) is 21.6. The molecule has 0 aliphatic heterocycles. The third-order valence-corrected chi connectivity index (χ3v) is 5.68. The number of nitrogens with one attached hydrogen (secondary N) is 1. The van der Waals surface area contributed by atoms with E-state index in [4.69, 9.17) is 16.3 Å². The first-order chi connectivity index (χ1) is 13.7. The maximum atomic E-state index is 13.5. The second-order valence-electron chi connectivity index (χ2n) is 6.34. The lowest BCUT2D eigenvalue weighted by molar-refractivity contribution is -0.122. The number of halogens is 2. The first-order valence-corrected chi connectivity index (χ1v) is 11.3. The molecule has 1 N–H and O–H groups in total. The average Bonchev–Trinajstić information content (AvgIpc) is 2.66. The fourth-order valence-corrected chi connectivity index (χ4v) is 4.31. The molecule has 29 heavy (non-hydrogen) atoms. The Morgan fingerprint density at radius 1 is 1.24 bits per heavy atom. The number of amides is 1. The molecule has 158 valence electrons. The normalized spacial score (nSPS) is 12.3. The number of sulfonamides is 1. The maximum absolute atomic E-state index is 13.5. The fourth-order valence-electron chi connectivity index (χ4n) is 2.93. The van der Waals surface area contributed by atoms with Gasteiger partial charge in [0.1, 0.15) is 17.6 Å². The summed E-state index contributed by atoms with van der Waals surface area (Å²) in [6, 6.07) is 9.79. The van der Waals surface area contributed by atoms with Crippen LogP contribution in [0.15, 0.2) is 42.5 Å². The molecule has 9 heteroatoms. The predicted octanol–water partition coefficient (Wildman–Crippen LogP) is 3.74. The van der Waals surface area contributed by atoms with Gasteiger partial charge in [0.2, 0.25) is 15.9 Å². The second-order valence-corrected chi connectivity index (χ2v) is 8.61. The molecule has 0 bridgehead atoms. The summed E-state index contributed by atoms with van der Waals surface area (Å²) < 4.78 is 44.9. The Hall–Kier alpha value is -2.32. The zero-order valence-electron chi connectivity index (χ0n) is 16.5. The Morgan fingerprint density at radius 2 is 1.93 bits per heavy atom. The van der Waals surface area contributed by atoms with E-state index < -0.39 is 27.8 Å². The van der Waals surface area contributed by atoms with Gasteiger partial charge in [-0.15, -0.1) is 0 Å². The Bertz CT molecular complexity index is 969. The Balaban J connectivity index is 2.28. The molecule has 0 saturated carbocycles. The molecular weight excluding hydrogens is 419 g/mol. The number of carbonyl (C=O) groups excluding carboxylic acids is 1. The first-order valence-electron chi connectivity index (χ1n) is 9.11. The molecule has 6 nitrogen and oxygen atoms in total. The van der Waals surface area contributed by atoms with Crippen molar-refractivity contribution in [3.8, 4) is 5.75 Å². The topological polar surface area (TPSA) is 75.7 Å². The lowest BCUT2D eigenvalue weighted by atomic mass is 10.1. The minimum absolute atomic E-state index is 0.121. The molecule has 0 spiro atoms. The van der Waals surface area contributed by atoms with Crippen LogP contribution < -0.4 is 14.4 Å². The van der Waals surface area contributed by atoms with Gasteiger partial charge < -0.3 is 10.1 Å². The summed E-state index contributed by atoms with van der Waals surface area (Å²) in [5.41, 5.74) is 0.893. The monoisotopic (exact) mass is 442 g/mol. The third kappa shape index (κ3) is 5.83. The molecule has 0 aliphatic rings. The van der Waals surface area contributed by atoms with E-state index in [1.54, 1.807) is 13.0 Å². The molecule has 0 fully saturated rings. The van der Waals surface area contributed by atoms with Gasteiger partial charge in [-0.2, -0.15) is 0 Å². The van der Waals surface area contributed by atoms with Crippen LogP contribution in [0.1, 0.15) is 25.8 Å². The van der Waals surface area contributed by atoms with Crippen molar-refractivity contribution in [2.24, 2.45) is 0 Å². The van der Waals surface area contributed by atoms with Crippen molar-refractivity contribution in [2.75, 3.05) is 17.2 Å². The molecule has 0 heterocycles. The summed E-state index contributed by atoms with van der Waals surface area (Å²) in [4.78, 5) is 12.9. The van der Waals surface area contributed by atoms with E-state index in [1.165, 1.54) is 12.1 Å². The molecule has 0 aliphatic carbocycles. The van der Waals surface area contributed by atoms with Crippen molar-refractivity contribution in [1.29, 1.82) is 0 Å². The van der Waals surface area contributed by atoms with Crippen LogP contribution in [0.3, 0.4) is 0 Å². The Morgan fingerprint density at radius 3 is 2.52 bits per heavy atom. The number of para-hydroxylation sites is 1. The quantitative estimate of drug-likeness (QED) is 0.641. The van der Waals surface area contributed by atoms with Gasteiger partial charge in [-0.05, 0) is 37.6 Å². The highest BCUT2D eigenvalue weighted by Gasteiger charge is 2.31. The summed E-state index contributed by atoms with van der Waals surface area (Å²) in [5, 5.41) is 2.54. The molecule has 2 aromatic carbocycles. The number of benzene rings is 2. The van der Waals surface area contributed by atoms with E-state index in [2.05, 4.69) is 5.32 Å². The maximum Gasteiger partial charge on any atom is 0.244 e. The SMILES string of the molecule is CCOc1ccccc1CNC(=O)[C@@H](CC)N(c1ccc(F)c(Cl)c1)S(C)(=O)=O. The van der Waals surface area contributed by atoms with Gasteiger partial charge in [-0.3, -0.25) is 9.10 Å². The van der Waals surface area contributed by atoms with E-state index in [0.717, 1.165) is 22.2 Å². The van der Waals surface area contributed by atoms with E-state index in [-0.39, 0.29) is 23.7 Å². The van der Waals surface area contributed by atoms with Crippen molar-refractivity contribution in [3.63, 3.8) is 0 Å². The minimum Gasteiger partial charge on any atom is -0.494 e. The molecule has 0 saturated heterocycles. The summed E-state index contributed by atoms with van der Waals surface area (Å²) in [6.07, 6.45) is 1.20. The van der Waals surface area contributed by atoms with Crippen LogP contribution in [0.4, 0.5) is 10.1 Å². The highest BCUT2D eigenvalue weighted by Crippen LogP contribution is 2.27. The largest absolute Gasteiger partial charge is 0.494 e. The molecular formula is C20H24ClFN2O4S. The van der Waals surface area contributed by atoms with Crippen molar-refractivity contribution in [1.82, 2.24) is 5.32 Å². The summed E-state index contributed by atoms with van der Waals surface area (Å²) >= 11 is 5.81. The van der Waals surface area contributed by atoms with Crippen LogP contribution in [-0.2, 0) is 21.4 Å². The molecule has 1 atom stereocenters. The van der Waals surface area contributed by atoms with E-state index in [9.17, 15) is 17.6 Å². The van der Waals surface area contributed by atoms with Crippen molar-refractivity contribution in [2.45, 2.75) is 32.9 Å². The molecule has 2 rings (SSSR count). The lowest BCUT2D eigenvalue weighted by Crippen LogP contribution is -2.49. The van der Waals surface area contributed by atoms with Gasteiger partial charge in [0.15, 0.2) is 0 Å². The van der Waals surface area contributed by atoms with Gasteiger partial charge in [0, 0.05) is 12.1 Å². The lowest BCUT2D eigenvalue weighted by Gasteiger charge is -2.30. The molecule has 1 amide bonds. The van der Waals surface area contributed by atoms with Crippen LogP contribution in [0.5, 0.6) is 5.75 Å². The zero-order valence-corrected chi connectivity index (χ0v) is 18.1. The Kier molecular flexibility index (Phi) is 7.87. The van der Waals surface area contributed by atoms with Crippen LogP contribution in [0, 0.1) is 5.82 Å². The number of hydrogen-bond acceptors (Lipinski definition) is 4. The standard InChI is InChI=1S/C20H24ClFN2O4S/c1-4-18(20(25)23-13-14-8-6-7-9-19(14)28-5-2)24(29(3,26)27)15-10-11-17(22)16(21)12-15/h6-12,18H,4-5,13H2,1-3H3,(H,23,25)/t18-/m1/s1. The number of nitrogens with zero attached hydrogens (tertiary/aromatic N) is 1. The second kappa shape index (κ2) is 9.93. The van der Waals surface area contributed by atoms with Gasteiger partial charge in [0.25, 0.3) is 0 Å². The van der Waals surface area contributed by atoms with Gasteiger partial charge >= 0.3 is 0 Å². The summed E-state index contributed by atoms with van der Waals surface area (Å²) in [5.74, 6) is -0.507. The fraction of sp³-hybridized carbons (Fsp3) is 0.350. The van der Waals surface area contributed by atoms with Crippen LogP contribution in [0.2, 0.25) is 5.02 Å². The smallest absolute Gasteiger partial charge is 0.244 e. The van der Waals surface area contributed by atoms with Crippen LogP contribution in [0.25, 0.3) is 0 Å². The first kappa shape index (κ1) is 23.0. The Labute approximate surface area is 175 Å². The number of rotatable bonds is 9. The predicted molar refractivity (Wildman–Crippen MR) is 112 cm³/mol. The van der Waals surface area contributed by atoms with Crippen molar-refractivity contribution >= 4 is 33.2 Å². The highest BCUT2D eigenvalue weighted by atomic mass is 35.5. The number of carbonyl (C=O) groups is 1.